The van der Waals surface area contributed by atoms with Crippen LogP contribution in [0.3, 0.4) is 0 Å². The molecule has 0 amide bonds. The Morgan fingerprint density at radius 2 is 2.05 bits per heavy atom. The number of aromatic nitrogens is 1. The van der Waals surface area contributed by atoms with Gasteiger partial charge in [0.25, 0.3) is 0 Å². The Labute approximate surface area is 121 Å². The Balaban J connectivity index is 1.87. The Kier molecular flexibility index (Phi) is 3.52. The minimum absolute atomic E-state index is 0.345. The van der Waals surface area contributed by atoms with Crippen molar-refractivity contribution < 1.29 is 4.39 Å². The third-order valence-electron chi connectivity index (χ3n) is 3.12. The summed E-state index contributed by atoms with van der Waals surface area (Å²) < 4.78 is 13.3. The second kappa shape index (κ2) is 5.47. The molecule has 0 aliphatic heterocycles. The number of fused-ring (bicyclic) bond motifs is 1. The first-order valence-corrected chi connectivity index (χ1v) is 6.62. The number of hydrogen-bond donors (Lipinski definition) is 1. The molecular formula is C16H12ClFN2. The van der Waals surface area contributed by atoms with Gasteiger partial charge in [-0.25, -0.2) is 4.39 Å². The lowest BCUT2D eigenvalue weighted by atomic mass is 10.1. The molecule has 1 N–H and O–H groups in total. The summed E-state index contributed by atoms with van der Waals surface area (Å²) in [6.07, 6.45) is 3.60. The molecule has 0 aliphatic rings. The van der Waals surface area contributed by atoms with Gasteiger partial charge in [-0.05, 0) is 35.2 Å². The predicted octanol–water partition coefficient (Wildman–Crippen LogP) is 4.64. The van der Waals surface area contributed by atoms with Crippen molar-refractivity contribution >= 4 is 28.1 Å². The van der Waals surface area contributed by atoms with Crippen LogP contribution in [0, 0.1) is 5.82 Å². The van der Waals surface area contributed by atoms with E-state index in [4.69, 9.17) is 11.6 Å². The highest BCUT2D eigenvalue weighted by molar-refractivity contribution is 6.30. The molecule has 2 nitrogen and oxygen atoms in total. The van der Waals surface area contributed by atoms with Crippen molar-refractivity contribution in [1.82, 2.24) is 4.98 Å². The molecule has 0 saturated heterocycles. The van der Waals surface area contributed by atoms with Crippen LogP contribution in [0.15, 0.2) is 54.9 Å². The fourth-order valence-corrected chi connectivity index (χ4v) is 2.42. The Morgan fingerprint density at radius 3 is 2.90 bits per heavy atom. The third kappa shape index (κ3) is 2.73. The summed E-state index contributed by atoms with van der Waals surface area (Å²) in [6.45, 7) is 0.598. The second-order valence-corrected chi connectivity index (χ2v) is 4.96. The summed E-state index contributed by atoms with van der Waals surface area (Å²) in [6, 6.07) is 12.4. The van der Waals surface area contributed by atoms with Crippen molar-refractivity contribution in [3.05, 3.63) is 71.3 Å². The average Bonchev–Trinajstić information content (AvgIpc) is 2.44. The van der Waals surface area contributed by atoms with E-state index >= 15 is 0 Å². The largest absolute Gasteiger partial charge is 0.381 e. The molecule has 0 radical (unpaired) electrons. The average molecular weight is 287 g/mol. The molecule has 0 bridgehead atoms. The van der Waals surface area contributed by atoms with Gasteiger partial charge in [-0.2, -0.15) is 0 Å². The van der Waals surface area contributed by atoms with Gasteiger partial charge in [0.2, 0.25) is 0 Å². The third-order valence-corrected chi connectivity index (χ3v) is 3.33. The van der Waals surface area contributed by atoms with E-state index in [9.17, 15) is 4.39 Å². The monoisotopic (exact) mass is 286 g/mol. The van der Waals surface area contributed by atoms with Gasteiger partial charge < -0.3 is 5.32 Å². The lowest BCUT2D eigenvalue weighted by molar-refractivity contribution is 0.628. The van der Waals surface area contributed by atoms with Crippen molar-refractivity contribution in [3.63, 3.8) is 0 Å². The molecule has 0 atom stereocenters. The molecule has 3 aromatic rings. The van der Waals surface area contributed by atoms with Crippen LogP contribution in [0.5, 0.6) is 0 Å². The normalized spacial score (nSPS) is 10.7. The molecule has 1 heterocycles. The van der Waals surface area contributed by atoms with Gasteiger partial charge in [0.1, 0.15) is 5.82 Å². The fourth-order valence-electron chi connectivity index (χ4n) is 2.20. The highest BCUT2D eigenvalue weighted by Gasteiger charge is 2.02. The number of hydrogen-bond acceptors (Lipinski definition) is 2. The zero-order valence-corrected chi connectivity index (χ0v) is 11.4. The minimum atomic E-state index is -0.345. The van der Waals surface area contributed by atoms with Crippen LogP contribution in [0.2, 0.25) is 5.02 Å². The Hall–Kier alpha value is -2.13. The fraction of sp³-hybridized carbons (Fsp3) is 0.0625. The first-order valence-electron chi connectivity index (χ1n) is 6.24. The van der Waals surface area contributed by atoms with Crippen molar-refractivity contribution in [1.29, 1.82) is 0 Å². The van der Waals surface area contributed by atoms with Gasteiger partial charge in [0, 0.05) is 35.0 Å². The maximum atomic E-state index is 13.3. The highest BCUT2D eigenvalue weighted by atomic mass is 35.5. The first-order chi connectivity index (χ1) is 9.72. The number of anilines is 1. The standard InChI is InChI=1S/C16H12ClFN2/c17-13-6-14(18)8-15(7-13)20-10-12-3-1-2-11-9-19-5-4-16(11)12/h1-9,20H,10H2. The molecule has 0 fully saturated rings. The van der Waals surface area contributed by atoms with Crippen LogP contribution >= 0.6 is 11.6 Å². The van der Waals surface area contributed by atoms with Crippen molar-refractivity contribution in [2.45, 2.75) is 6.54 Å². The highest BCUT2D eigenvalue weighted by Crippen LogP contribution is 2.21. The maximum absolute atomic E-state index is 13.3. The van der Waals surface area contributed by atoms with Gasteiger partial charge >= 0.3 is 0 Å². The zero-order chi connectivity index (χ0) is 13.9. The van der Waals surface area contributed by atoms with Crippen LogP contribution in [0.1, 0.15) is 5.56 Å². The smallest absolute Gasteiger partial charge is 0.126 e. The van der Waals surface area contributed by atoms with Crippen molar-refractivity contribution in [3.8, 4) is 0 Å². The molecule has 2 aromatic carbocycles. The van der Waals surface area contributed by atoms with Gasteiger partial charge in [-0.3, -0.25) is 4.98 Å². The topological polar surface area (TPSA) is 24.9 Å². The van der Waals surface area contributed by atoms with Crippen molar-refractivity contribution in [2.75, 3.05) is 5.32 Å². The van der Waals surface area contributed by atoms with Crippen molar-refractivity contribution in [2.24, 2.45) is 0 Å². The summed E-state index contributed by atoms with van der Waals surface area (Å²) in [7, 11) is 0. The molecular weight excluding hydrogens is 275 g/mol. The van der Waals surface area contributed by atoms with Crippen LogP contribution in [-0.4, -0.2) is 4.98 Å². The van der Waals surface area contributed by atoms with E-state index in [2.05, 4.69) is 10.3 Å². The summed E-state index contributed by atoms with van der Waals surface area (Å²) in [5.74, 6) is -0.345. The quantitative estimate of drug-likeness (QED) is 0.759. The van der Waals surface area contributed by atoms with Crippen LogP contribution in [0.25, 0.3) is 10.8 Å². The molecule has 0 saturated carbocycles. The number of rotatable bonds is 3. The SMILES string of the molecule is Fc1cc(Cl)cc(NCc2cccc3cnccc23)c1. The lowest BCUT2D eigenvalue weighted by Gasteiger charge is -2.09. The molecule has 100 valence electrons. The molecule has 0 spiro atoms. The van der Waals surface area contributed by atoms with Gasteiger partial charge in [-0.15, -0.1) is 0 Å². The molecule has 0 unspecified atom stereocenters. The molecule has 3 rings (SSSR count). The van der Waals surface area contributed by atoms with Crippen LogP contribution < -0.4 is 5.32 Å². The predicted molar refractivity (Wildman–Crippen MR) is 80.5 cm³/mol. The molecule has 4 heteroatoms. The van der Waals surface area contributed by atoms with E-state index in [1.165, 1.54) is 12.1 Å². The van der Waals surface area contributed by atoms with Crippen LogP contribution in [-0.2, 0) is 6.54 Å². The number of pyridine rings is 1. The molecule has 1 aromatic heterocycles. The zero-order valence-electron chi connectivity index (χ0n) is 10.6. The lowest BCUT2D eigenvalue weighted by Crippen LogP contribution is -2.00. The van der Waals surface area contributed by atoms with E-state index in [-0.39, 0.29) is 5.82 Å². The number of halogens is 2. The first kappa shape index (κ1) is 12.9. The maximum Gasteiger partial charge on any atom is 0.126 e. The van der Waals surface area contributed by atoms with Gasteiger partial charge in [0.05, 0.1) is 0 Å². The Bertz CT molecular complexity index is 733. The van der Waals surface area contributed by atoms with E-state index in [1.807, 2.05) is 30.5 Å². The van der Waals surface area contributed by atoms with E-state index < -0.39 is 0 Å². The molecule has 20 heavy (non-hydrogen) atoms. The Morgan fingerprint density at radius 1 is 1.15 bits per heavy atom. The number of nitrogens with one attached hydrogen (secondary N) is 1. The van der Waals surface area contributed by atoms with E-state index in [0.29, 0.717) is 17.3 Å². The second-order valence-electron chi connectivity index (χ2n) is 4.53. The summed E-state index contributed by atoms with van der Waals surface area (Å²) in [5, 5.41) is 5.80. The minimum Gasteiger partial charge on any atom is -0.381 e. The summed E-state index contributed by atoms with van der Waals surface area (Å²) in [5.41, 5.74) is 1.80. The summed E-state index contributed by atoms with van der Waals surface area (Å²) in [4.78, 5) is 4.11. The number of benzene rings is 2. The van der Waals surface area contributed by atoms with E-state index in [0.717, 1.165) is 16.3 Å². The van der Waals surface area contributed by atoms with Gasteiger partial charge in [-0.1, -0.05) is 29.8 Å². The van der Waals surface area contributed by atoms with Crippen LogP contribution in [0.4, 0.5) is 10.1 Å². The number of nitrogens with zero attached hydrogens (tertiary/aromatic N) is 1. The molecule has 0 aliphatic carbocycles. The van der Waals surface area contributed by atoms with E-state index in [1.54, 1.807) is 12.3 Å². The van der Waals surface area contributed by atoms with Gasteiger partial charge in [0.15, 0.2) is 0 Å². The summed E-state index contributed by atoms with van der Waals surface area (Å²) >= 11 is 5.84.